The summed E-state index contributed by atoms with van der Waals surface area (Å²) in [4.78, 5) is 84.9. The van der Waals surface area contributed by atoms with E-state index in [1.807, 2.05) is 42.3 Å². The maximum Gasteiger partial charge on any atom is 0.472 e. The first-order valence-corrected chi connectivity index (χ1v) is 46.3. The van der Waals surface area contributed by atoms with E-state index in [1.165, 1.54) is 186 Å². The molecule has 0 heterocycles. The van der Waals surface area contributed by atoms with Crippen molar-refractivity contribution in [3.63, 3.8) is 0 Å². The molecule has 2 N–H and O–H groups in total. The summed E-state index contributed by atoms with van der Waals surface area (Å²) in [5.41, 5.74) is 1.57. The zero-order chi connectivity index (χ0) is 77.7. The van der Waals surface area contributed by atoms with Gasteiger partial charge in [0.05, 0.1) is 68.0 Å². The second kappa shape index (κ2) is 63.7. The molecule has 20 nitrogen and oxygen atoms in total. The van der Waals surface area contributed by atoms with Crippen LogP contribution in [0.4, 0.5) is 0 Å². The van der Waals surface area contributed by atoms with E-state index in [4.69, 9.17) is 41.8 Å². The van der Waals surface area contributed by atoms with Gasteiger partial charge in [0.15, 0.2) is 12.2 Å². The lowest BCUT2D eigenvalue weighted by Gasteiger charge is -2.24. The predicted molar refractivity (Wildman–Crippen MR) is 426 cm³/mol. The van der Waals surface area contributed by atoms with Crippen LogP contribution in [-0.2, 0) is 74.9 Å². The van der Waals surface area contributed by atoms with Crippen LogP contribution in [0.5, 0.6) is 0 Å². The Hall–Kier alpha value is -2.77. The van der Waals surface area contributed by atoms with Gasteiger partial charge in [-0.3, -0.25) is 42.1 Å². The molecule has 0 aromatic rings. The van der Waals surface area contributed by atoms with E-state index >= 15 is 0 Å². The van der Waals surface area contributed by atoms with Crippen molar-refractivity contribution in [3.05, 3.63) is 11.6 Å². The third-order valence-electron chi connectivity index (χ3n) is 20.8. The molecule has 0 radical (unpaired) electrons. The SMILES string of the molecule is CCCCCCCCCCCCCCCC(=O)OC[C@H](COP(=O)(O)OCC[N+](C)(C)C)OC(=O)CCCCCCCCCCCCCCCC1=CC2CC1CC2C(=O)OCCCCCCCCCCCC(=O)O[C@@H](COC(=O)CCCCCCCCCCCCCCC)COP(=O)(O)OCC[N+](C)(C)C. The molecule has 2 aliphatic carbocycles. The lowest BCUT2D eigenvalue weighted by molar-refractivity contribution is -0.870. The summed E-state index contributed by atoms with van der Waals surface area (Å²) in [5.74, 6) is -0.836. The van der Waals surface area contributed by atoms with Crippen LogP contribution in [0.2, 0.25) is 0 Å². The van der Waals surface area contributed by atoms with Gasteiger partial charge in [0, 0.05) is 25.7 Å². The first-order valence-electron chi connectivity index (χ1n) is 43.3. The number of phosphoric acid groups is 2. The molecule has 5 unspecified atom stereocenters. The number of carbonyl (C=O) groups excluding carboxylic acids is 5. The number of hydrogen-bond acceptors (Lipinski definition) is 16. The Morgan fingerprint density at radius 1 is 0.368 bits per heavy atom. The molecule has 0 saturated heterocycles. The quantitative estimate of drug-likeness (QED) is 0.0144. The summed E-state index contributed by atoms with van der Waals surface area (Å²) in [5, 5.41) is 0. The first kappa shape index (κ1) is 99.3. The van der Waals surface area contributed by atoms with Crippen LogP contribution in [0.25, 0.3) is 0 Å². The van der Waals surface area contributed by atoms with E-state index in [2.05, 4.69) is 19.9 Å². The number of phosphoric ester groups is 2. The molecule has 0 amide bonds. The van der Waals surface area contributed by atoms with E-state index in [0.29, 0.717) is 53.3 Å². The van der Waals surface area contributed by atoms with Crippen molar-refractivity contribution in [3.8, 4) is 0 Å². The van der Waals surface area contributed by atoms with E-state index in [9.17, 15) is 42.9 Å². The normalized spacial score (nSPS) is 16.8. The number of ether oxygens (including phenoxy) is 5. The second-order valence-electron chi connectivity index (χ2n) is 33.2. The maximum atomic E-state index is 13.1. The third kappa shape index (κ3) is 60.0. The van der Waals surface area contributed by atoms with Crippen LogP contribution in [0.3, 0.4) is 0 Å². The van der Waals surface area contributed by atoms with Crippen molar-refractivity contribution in [1.29, 1.82) is 0 Å². The Kier molecular flexibility index (Phi) is 59.7. The Bertz CT molecular complexity index is 2350. The average Bonchev–Trinajstić information content (AvgIpc) is 1.64. The Balaban J connectivity index is 1.51. The molecule has 0 aromatic heterocycles. The first-order chi connectivity index (χ1) is 50.9. The number of carbonyl (C=O) groups is 5. The van der Waals surface area contributed by atoms with Gasteiger partial charge in [-0.1, -0.05) is 295 Å². The van der Waals surface area contributed by atoms with Crippen LogP contribution in [0.1, 0.15) is 367 Å². The Morgan fingerprint density at radius 3 is 0.962 bits per heavy atom. The molecule has 22 heteroatoms. The number of quaternary nitrogens is 2. The standard InChI is InChI=1S/C84H158N2O18P2/c1-9-11-13-15-17-19-21-24-29-34-40-46-52-58-80(87)97-70-77(72-101-105(92,93)99-65-62-85(3,4)5)103-82(89)60-54-48-42-36-31-27-23-26-28-33-39-45-51-57-74-67-76-68-75(74)69-79(76)84(91)96-64-56-50-44-38-32-37-43-49-55-61-83(90)104-78(73-102-106(94,95)100-66-63-86(6,7)8)71-98-81(88)59-53-47-41-35-30-25-22-20-18-16-14-12-10-2/h67,75-79H,9-66,68-73H2,1-8H3/p+2/t75?,76?,77-,78+,79?/m1/s1. The number of unbranched alkanes of at least 4 members (excludes halogenated alkanes) is 44. The molecule has 0 spiro atoms. The summed E-state index contributed by atoms with van der Waals surface area (Å²) >= 11 is 0. The molecule has 2 bridgehead atoms. The van der Waals surface area contributed by atoms with Gasteiger partial charge in [0.2, 0.25) is 0 Å². The fourth-order valence-electron chi connectivity index (χ4n) is 14.1. The molecule has 1 saturated carbocycles. The number of hydrogen-bond donors (Lipinski definition) is 2. The van der Waals surface area contributed by atoms with E-state index in [1.54, 1.807) is 5.57 Å². The van der Waals surface area contributed by atoms with Crippen molar-refractivity contribution in [1.82, 2.24) is 0 Å². The topological polar surface area (TPSA) is 243 Å². The van der Waals surface area contributed by atoms with Gasteiger partial charge in [-0.15, -0.1) is 0 Å². The van der Waals surface area contributed by atoms with E-state index in [-0.39, 0.29) is 70.0 Å². The molecular weight excluding hydrogens is 1390 g/mol. The van der Waals surface area contributed by atoms with Gasteiger partial charge < -0.3 is 42.4 Å². The molecule has 2 rings (SSSR count). The number of allylic oxidation sites excluding steroid dienone is 2. The molecular formula is C84H160N2O18P2+2. The zero-order valence-corrected chi connectivity index (χ0v) is 70.7. The second-order valence-corrected chi connectivity index (χ2v) is 36.1. The van der Waals surface area contributed by atoms with Crippen LogP contribution < -0.4 is 0 Å². The number of likely N-dealkylation sites (N-methyl/N-ethyl adjacent to an activating group) is 2. The highest BCUT2D eigenvalue weighted by Gasteiger charge is 2.44. The van der Waals surface area contributed by atoms with Crippen LogP contribution in [-0.4, -0.2) is 162 Å². The van der Waals surface area contributed by atoms with Crippen LogP contribution in [0.15, 0.2) is 11.6 Å². The fraction of sp³-hybridized carbons (Fsp3) is 0.917. The monoisotopic (exact) mass is 1550 g/mol. The minimum atomic E-state index is -4.43. The lowest BCUT2D eigenvalue weighted by Crippen LogP contribution is -2.37. The molecule has 0 aromatic carbocycles. The molecule has 0 aliphatic heterocycles. The summed E-state index contributed by atoms with van der Waals surface area (Å²) in [7, 11) is 2.82. The highest BCUT2D eigenvalue weighted by atomic mass is 31.2. The summed E-state index contributed by atoms with van der Waals surface area (Å²) in [6.07, 6.45) is 59.6. The van der Waals surface area contributed by atoms with E-state index < -0.39 is 59.0 Å². The van der Waals surface area contributed by atoms with Gasteiger partial charge >= 0.3 is 45.5 Å². The summed E-state index contributed by atoms with van der Waals surface area (Å²) in [6.45, 7) is 4.61. The van der Waals surface area contributed by atoms with E-state index in [0.717, 1.165) is 128 Å². The van der Waals surface area contributed by atoms with Gasteiger partial charge in [-0.2, -0.15) is 0 Å². The summed E-state index contributed by atoms with van der Waals surface area (Å²) in [6, 6.07) is 0. The molecule has 1 fully saturated rings. The number of rotatable bonds is 77. The van der Waals surface area contributed by atoms with Crippen molar-refractivity contribution < 1.29 is 93.6 Å². The van der Waals surface area contributed by atoms with Gasteiger partial charge in [-0.25, -0.2) is 9.13 Å². The van der Waals surface area contributed by atoms with Crippen LogP contribution in [0, 0.1) is 17.8 Å². The van der Waals surface area contributed by atoms with Gasteiger partial charge in [0.25, 0.3) is 0 Å². The average molecular weight is 1550 g/mol. The number of esters is 5. The maximum absolute atomic E-state index is 13.1. The largest absolute Gasteiger partial charge is 0.472 e. The smallest absolute Gasteiger partial charge is 0.465 e. The highest BCUT2D eigenvalue weighted by molar-refractivity contribution is 7.47. The Morgan fingerprint density at radius 2 is 0.660 bits per heavy atom. The summed E-state index contributed by atoms with van der Waals surface area (Å²) < 4.78 is 75.1. The minimum absolute atomic E-state index is 0.00600. The molecule has 2 aliphatic rings. The van der Waals surface area contributed by atoms with Crippen molar-refractivity contribution in [2.45, 2.75) is 379 Å². The van der Waals surface area contributed by atoms with Gasteiger partial charge in [0.1, 0.15) is 39.5 Å². The zero-order valence-electron chi connectivity index (χ0n) is 68.9. The van der Waals surface area contributed by atoms with Gasteiger partial charge in [-0.05, 0) is 69.6 Å². The van der Waals surface area contributed by atoms with Crippen molar-refractivity contribution in [2.75, 3.05) is 102 Å². The number of fused-ring (bicyclic) bond motifs is 2. The third-order valence-corrected chi connectivity index (χ3v) is 22.8. The number of nitrogens with zero attached hydrogens (tertiary/aromatic N) is 2. The lowest BCUT2D eigenvalue weighted by atomic mass is 9.87. The van der Waals surface area contributed by atoms with Crippen LogP contribution >= 0.6 is 15.6 Å². The Labute approximate surface area is 646 Å². The van der Waals surface area contributed by atoms with Crippen molar-refractivity contribution >= 4 is 45.5 Å². The minimum Gasteiger partial charge on any atom is -0.465 e. The predicted octanol–water partition coefficient (Wildman–Crippen LogP) is 21.4. The fourth-order valence-corrected chi connectivity index (χ4v) is 15.5. The molecule has 7 atom stereocenters. The molecule has 106 heavy (non-hydrogen) atoms. The molecule has 622 valence electrons. The highest BCUT2D eigenvalue weighted by Crippen LogP contribution is 2.50. The van der Waals surface area contributed by atoms with Crippen molar-refractivity contribution in [2.24, 2.45) is 17.8 Å².